The second kappa shape index (κ2) is 6.21. The van der Waals surface area contributed by atoms with Gasteiger partial charge in [-0.15, -0.1) is 0 Å². The molecule has 0 unspecified atom stereocenters. The number of amides is 1. The highest BCUT2D eigenvalue weighted by molar-refractivity contribution is 6.03. The molecule has 0 aliphatic heterocycles. The number of hydrogen-bond acceptors (Lipinski definition) is 3. The molecule has 0 aliphatic rings. The number of benzene rings is 1. The minimum Gasteiger partial charge on any atom is -0.481 e. The van der Waals surface area contributed by atoms with Crippen molar-refractivity contribution in [2.24, 2.45) is 0 Å². The Kier molecular flexibility index (Phi) is 4.37. The fourth-order valence-corrected chi connectivity index (χ4v) is 1.96. The van der Waals surface area contributed by atoms with Crippen molar-refractivity contribution in [2.75, 3.05) is 5.32 Å². The smallest absolute Gasteiger partial charge is 0.305 e. The summed E-state index contributed by atoms with van der Waals surface area (Å²) in [7, 11) is 0. The summed E-state index contributed by atoms with van der Waals surface area (Å²) in [6, 6.07) is 7.33. The van der Waals surface area contributed by atoms with E-state index in [1.165, 1.54) is 4.68 Å². The van der Waals surface area contributed by atoms with E-state index >= 15 is 0 Å². The summed E-state index contributed by atoms with van der Waals surface area (Å²) in [6.07, 6.45) is 1.57. The first kappa shape index (κ1) is 14.8. The highest BCUT2D eigenvalue weighted by Crippen LogP contribution is 2.16. The molecule has 0 aliphatic carbocycles. The third kappa shape index (κ3) is 3.92. The van der Waals surface area contributed by atoms with Gasteiger partial charge in [-0.2, -0.15) is 5.10 Å². The van der Waals surface area contributed by atoms with Crippen molar-refractivity contribution >= 4 is 17.6 Å². The number of aromatic nitrogens is 2. The molecule has 0 spiro atoms. The standard InChI is InChI=1S/C15H17N3O3/c1-10-3-4-12(11(2)9-10)16-15(21)13-5-7-18(17-13)8-6-14(19)20/h3-5,7,9H,6,8H2,1-2H3,(H,16,21)(H,19,20). The number of aryl methyl sites for hydroxylation is 3. The number of carboxylic acid groups (broad SMARTS) is 1. The summed E-state index contributed by atoms with van der Waals surface area (Å²) >= 11 is 0. The predicted molar refractivity (Wildman–Crippen MR) is 78.3 cm³/mol. The molecule has 0 saturated carbocycles. The molecule has 0 bridgehead atoms. The van der Waals surface area contributed by atoms with E-state index in [-0.39, 0.29) is 24.6 Å². The zero-order valence-electron chi connectivity index (χ0n) is 12.0. The van der Waals surface area contributed by atoms with Crippen LogP contribution in [0.4, 0.5) is 5.69 Å². The Hall–Kier alpha value is -2.63. The van der Waals surface area contributed by atoms with Crippen molar-refractivity contribution in [1.82, 2.24) is 9.78 Å². The van der Waals surface area contributed by atoms with Gasteiger partial charge in [0.1, 0.15) is 0 Å². The van der Waals surface area contributed by atoms with E-state index in [1.54, 1.807) is 12.3 Å². The molecule has 1 aromatic carbocycles. The first-order valence-electron chi connectivity index (χ1n) is 6.59. The van der Waals surface area contributed by atoms with Crippen LogP contribution in [-0.2, 0) is 11.3 Å². The van der Waals surface area contributed by atoms with E-state index in [2.05, 4.69) is 10.4 Å². The number of carbonyl (C=O) groups excluding carboxylic acids is 1. The Balaban J connectivity index is 2.05. The summed E-state index contributed by atoms with van der Waals surface area (Å²) < 4.78 is 1.45. The van der Waals surface area contributed by atoms with E-state index in [4.69, 9.17) is 5.11 Å². The zero-order chi connectivity index (χ0) is 15.4. The molecule has 2 rings (SSSR count). The average molecular weight is 287 g/mol. The SMILES string of the molecule is Cc1ccc(NC(=O)c2ccn(CCC(=O)O)n2)c(C)c1. The molecule has 21 heavy (non-hydrogen) atoms. The van der Waals surface area contributed by atoms with Crippen LogP contribution in [-0.4, -0.2) is 26.8 Å². The number of carboxylic acids is 1. The van der Waals surface area contributed by atoms with Crippen LogP contribution in [0.1, 0.15) is 28.0 Å². The van der Waals surface area contributed by atoms with E-state index in [0.29, 0.717) is 0 Å². The number of rotatable bonds is 5. The van der Waals surface area contributed by atoms with Gasteiger partial charge < -0.3 is 10.4 Å². The van der Waals surface area contributed by atoms with Crippen molar-refractivity contribution < 1.29 is 14.7 Å². The van der Waals surface area contributed by atoms with Crippen molar-refractivity contribution in [2.45, 2.75) is 26.8 Å². The fourth-order valence-electron chi connectivity index (χ4n) is 1.96. The van der Waals surface area contributed by atoms with Crippen LogP contribution in [0.3, 0.4) is 0 Å². The summed E-state index contributed by atoms with van der Waals surface area (Å²) in [5, 5.41) is 15.5. The Labute approximate surface area is 122 Å². The van der Waals surface area contributed by atoms with Gasteiger partial charge in [0.15, 0.2) is 5.69 Å². The first-order chi connectivity index (χ1) is 9.95. The highest BCUT2D eigenvalue weighted by atomic mass is 16.4. The molecule has 0 radical (unpaired) electrons. The van der Waals surface area contributed by atoms with Gasteiger partial charge in [0.25, 0.3) is 5.91 Å². The Morgan fingerprint density at radius 2 is 2.05 bits per heavy atom. The Morgan fingerprint density at radius 3 is 2.71 bits per heavy atom. The lowest BCUT2D eigenvalue weighted by Crippen LogP contribution is -2.14. The van der Waals surface area contributed by atoms with Gasteiger partial charge in [-0.1, -0.05) is 17.7 Å². The lowest BCUT2D eigenvalue weighted by molar-refractivity contribution is -0.137. The second-order valence-electron chi connectivity index (χ2n) is 4.88. The molecular formula is C15H17N3O3. The largest absolute Gasteiger partial charge is 0.481 e. The highest BCUT2D eigenvalue weighted by Gasteiger charge is 2.11. The molecular weight excluding hydrogens is 270 g/mol. The van der Waals surface area contributed by atoms with Crippen molar-refractivity contribution in [1.29, 1.82) is 0 Å². The molecule has 2 N–H and O–H groups in total. The molecule has 0 fully saturated rings. The summed E-state index contributed by atoms with van der Waals surface area (Å²) in [6.45, 7) is 4.16. The van der Waals surface area contributed by atoms with Crippen molar-refractivity contribution in [3.8, 4) is 0 Å². The number of aliphatic carboxylic acids is 1. The van der Waals surface area contributed by atoms with Gasteiger partial charge >= 0.3 is 5.97 Å². The van der Waals surface area contributed by atoms with Gasteiger partial charge in [-0.25, -0.2) is 0 Å². The van der Waals surface area contributed by atoms with Crippen LogP contribution in [0, 0.1) is 13.8 Å². The first-order valence-corrected chi connectivity index (χ1v) is 6.59. The normalized spacial score (nSPS) is 10.4. The van der Waals surface area contributed by atoms with E-state index in [1.807, 2.05) is 32.0 Å². The molecule has 1 amide bonds. The van der Waals surface area contributed by atoms with Crippen molar-refractivity contribution in [3.05, 3.63) is 47.3 Å². The van der Waals surface area contributed by atoms with Gasteiger partial charge in [-0.3, -0.25) is 14.3 Å². The molecule has 6 heteroatoms. The van der Waals surface area contributed by atoms with Crippen LogP contribution in [0.5, 0.6) is 0 Å². The Morgan fingerprint density at radius 1 is 1.29 bits per heavy atom. The average Bonchev–Trinajstić information content (AvgIpc) is 2.88. The monoisotopic (exact) mass is 287 g/mol. The maximum atomic E-state index is 12.1. The van der Waals surface area contributed by atoms with E-state index < -0.39 is 5.97 Å². The lowest BCUT2D eigenvalue weighted by Gasteiger charge is -2.07. The molecule has 0 saturated heterocycles. The number of hydrogen-bond donors (Lipinski definition) is 2. The van der Waals surface area contributed by atoms with Gasteiger partial charge in [0.05, 0.1) is 13.0 Å². The quantitative estimate of drug-likeness (QED) is 0.883. The maximum absolute atomic E-state index is 12.1. The topological polar surface area (TPSA) is 84.2 Å². The lowest BCUT2D eigenvalue weighted by atomic mass is 10.1. The van der Waals surface area contributed by atoms with Gasteiger partial charge in [-0.05, 0) is 31.5 Å². The summed E-state index contributed by atoms with van der Waals surface area (Å²) in [5.41, 5.74) is 3.11. The zero-order valence-corrected chi connectivity index (χ0v) is 12.0. The minimum atomic E-state index is -0.896. The van der Waals surface area contributed by atoms with E-state index in [9.17, 15) is 9.59 Å². The minimum absolute atomic E-state index is 0.0280. The molecule has 1 aromatic heterocycles. The van der Waals surface area contributed by atoms with Crippen LogP contribution in [0.15, 0.2) is 30.5 Å². The van der Waals surface area contributed by atoms with E-state index in [0.717, 1.165) is 16.8 Å². The number of nitrogens with one attached hydrogen (secondary N) is 1. The van der Waals surface area contributed by atoms with Crippen molar-refractivity contribution in [3.63, 3.8) is 0 Å². The van der Waals surface area contributed by atoms with Crippen LogP contribution in [0.2, 0.25) is 0 Å². The number of anilines is 1. The fraction of sp³-hybridized carbons (Fsp3) is 0.267. The summed E-state index contributed by atoms with van der Waals surface area (Å²) in [5.74, 6) is -1.21. The third-order valence-corrected chi connectivity index (χ3v) is 3.06. The molecule has 0 atom stereocenters. The predicted octanol–water partition coefficient (Wildman–Crippen LogP) is 2.23. The molecule has 110 valence electrons. The number of carbonyl (C=O) groups is 2. The maximum Gasteiger partial charge on any atom is 0.305 e. The van der Waals surface area contributed by atoms with Crippen LogP contribution < -0.4 is 5.32 Å². The van der Waals surface area contributed by atoms with Gasteiger partial charge in [0.2, 0.25) is 0 Å². The number of nitrogens with zero attached hydrogens (tertiary/aromatic N) is 2. The summed E-state index contributed by atoms with van der Waals surface area (Å²) in [4.78, 5) is 22.6. The molecule has 1 heterocycles. The Bertz CT molecular complexity index is 677. The van der Waals surface area contributed by atoms with Crippen LogP contribution >= 0.6 is 0 Å². The second-order valence-corrected chi connectivity index (χ2v) is 4.88. The van der Waals surface area contributed by atoms with Gasteiger partial charge in [0, 0.05) is 11.9 Å². The third-order valence-electron chi connectivity index (χ3n) is 3.06. The molecule has 2 aromatic rings. The molecule has 6 nitrogen and oxygen atoms in total. The van der Waals surface area contributed by atoms with Crippen LogP contribution in [0.25, 0.3) is 0 Å².